The number of hydrogen-bond acceptors (Lipinski definition) is 4. The molecule has 0 saturated carbocycles. The molecule has 3 atom stereocenters. The molecule has 2 N–H and O–H groups in total. The van der Waals surface area contributed by atoms with Gasteiger partial charge in [0.2, 0.25) is 0 Å². The van der Waals surface area contributed by atoms with E-state index in [2.05, 4.69) is 56.5 Å². The van der Waals surface area contributed by atoms with Crippen molar-refractivity contribution in [3.63, 3.8) is 0 Å². The second-order valence-electron chi connectivity index (χ2n) is 11.1. The van der Waals surface area contributed by atoms with Gasteiger partial charge in [0.25, 0.3) is 5.91 Å². The summed E-state index contributed by atoms with van der Waals surface area (Å²) >= 11 is 0. The van der Waals surface area contributed by atoms with Gasteiger partial charge in [0, 0.05) is 30.8 Å². The lowest BCUT2D eigenvalue weighted by Crippen LogP contribution is -2.39. The van der Waals surface area contributed by atoms with Gasteiger partial charge in [-0.1, -0.05) is 39.0 Å². The molecule has 34 heavy (non-hydrogen) atoms. The maximum Gasteiger partial charge on any atom is 0.251 e. The Balaban J connectivity index is 1.28. The van der Waals surface area contributed by atoms with Crippen molar-refractivity contribution in [1.29, 1.82) is 0 Å². The quantitative estimate of drug-likeness (QED) is 0.562. The van der Waals surface area contributed by atoms with Crippen LogP contribution in [0.3, 0.4) is 0 Å². The molecule has 1 aliphatic carbocycles. The topological polar surface area (TPSA) is 59.6 Å². The molecule has 5 heteroatoms. The minimum atomic E-state index is -0.0178. The smallest absolute Gasteiger partial charge is 0.251 e. The lowest BCUT2D eigenvalue weighted by molar-refractivity contribution is 0.0679. The highest BCUT2D eigenvalue weighted by Gasteiger charge is 2.22. The Morgan fingerprint density at radius 3 is 2.62 bits per heavy atom. The molecule has 0 unspecified atom stereocenters. The Labute approximate surface area is 204 Å². The van der Waals surface area contributed by atoms with E-state index in [1.54, 1.807) is 0 Å². The van der Waals surface area contributed by atoms with E-state index in [4.69, 9.17) is 9.47 Å². The van der Waals surface area contributed by atoms with Crippen molar-refractivity contribution in [2.24, 2.45) is 5.41 Å². The predicted molar refractivity (Wildman–Crippen MR) is 137 cm³/mol. The van der Waals surface area contributed by atoms with Gasteiger partial charge < -0.3 is 20.1 Å². The van der Waals surface area contributed by atoms with E-state index in [9.17, 15) is 4.79 Å². The zero-order chi connectivity index (χ0) is 24.1. The van der Waals surface area contributed by atoms with Gasteiger partial charge in [-0.3, -0.25) is 4.79 Å². The van der Waals surface area contributed by atoms with Crippen LogP contribution in [0.4, 0.5) is 0 Å². The monoisotopic (exact) mass is 464 g/mol. The third-order valence-electron chi connectivity index (χ3n) is 6.81. The van der Waals surface area contributed by atoms with Crippen molar-refractivity contribution in [1.82, 2.24) is 10.6 Å². The minimum absolute atomic E-state index is 0.0178. The largest absolute Gasteiger partial charge is 0.491 e. The summed E-state index contributed by atoms with van der Waals surface area (Å²) in [5.74, 6) is 0.761. The Morgan fingerprint density at radius 1 is 1.12 bits per heavy atom. The van der Waals surface area contributed by atoms with Crippen LogP contribution in [-0.2, 0) is 17.6 Å². The molecule has 0 radical (unpaired) electrons. The summed E-state index contributed by atoms with van der Waals surface area (Å²) in [5, 5.41) is 6.89. The van der Waals surface area contributed by atoms with E-state index in [0.29, 0.717) is 18.2 Å². The summed E-state index contributed by atoms with van der Waals surface area (Å²) in [6.07, 6.45) is 5.20. The second kappa shape index (κ2) is 10.9. The van der Waals surface area contributed by atoms with Gasteiger partial charge in [-0.05, 0) is 85.4 Å². The number of benzene rings is 2. The fourth-order valence-corrected chi connectivity index (χ4v) is 4.68. The van der Waals surface area contributed by atoms with E-state index in [1.807, 2.05) is 24.3 Å². The second-order valence-corrected chi connectivity index (χ2v) is 11.1. The minimum Gasteiger partial charge on any atom is -0.491 e. The molecule has 2 aromatic rings. The van der Waals surface area contributed by atoms with Gasteiger partial charge in [0.1, 0.15) is 12.4 Å². The standard InChI is InChI=1S/C29H40N2O3/c1-20(30-19-29(2,3)4)22-7-8-24-17-25(12-9-23(24)16-22)31-28(32)21-10-13-26(14-11-21)34-18-27-6-5-15-33-27/h7-8,10-11,13-14,16,20,25,27,30H,5-6,9,12,15,17-19H2,1-4H3,(H,31,32)/t20-,25-,27-/m0/s1. The number of carbonyl (C=O) groups is 1. The van der Waals surface area contributed by atoms with Crippen molar-refractivity contribution in [2.45, 2.75) is 78.0 Å². The van der Waals surface area contributed by atoms with E-state index >= 15 is 0 Å². The van der Waals surface area contributed by atoms with Crippen LogP contribution in [-0.4, -0.2) is 37.8 Å². The van der Waals surface area contributed by atoms with Crippen molar-refractivity contribution in [3.05, 3.63) is 64.7 Å². The van der Waals surface area contributed by atoms with E-state index in [1.165, 1.54) is 16.7 Å². The normalized spacial score (nSPS) is 21.1. The number of ether oxygens (including phenoxy) is 2. The maximum absolute atomic E-state index is 12.8. The lowest BCUT2D eigenvalue weighted by Gasteiger charge is -2.27. The van der Waals surface area contributed by atoms with Crippen molar-refractivity contribution < 1.29 is 14.3 Å². The molecule has 1 saturated heterocycles. The first kappa shape index (κ1) is 24.7. The Morgan fingerprint density at radius 2 is 1.91 bits per heavy atom. The molecule has 1 aliphatic heterocycles. The number of carbonyl (C=O) groups excluding carboxylic acids is 1. The molecule has 2 aromatic carbocycles. The Hall–Kier alpha value is -2.37. The molecule has 5 nitrogen and oxygen atoms in total. The molecule has 2 aliphatic rings. The summed E-state index contributed by atoms with van der Waals surface area (Å²) in [7, 11) is 0. The van der Waals surface area contributed by atoms with Gasteiger partial charge in [0.15, 0.2) is 0 Å². The number of hydrogen-bond donors (Lipinski definition) is 2. The first-order chi connectivity index (χ1) is 16.3. The van der Waals surface area contributed by atoms with Gasteiger partial charge in [-0.15, -0.1) is 0 Å². The SMILES string of the molecule is C[C@H](NCC(C)(C)C)c1ccc2c(c1)CC[C@H](NC(=O)c1ccc(OC[C@@H]3CCCO3)cc1)C2. The van der Waals surface area contributed by atoms with Crippen LogP contribution >= 0.6 is 0 Å². The van der Waals surface area contributed by atoms with E-state index in [-0.39, 0.29) is 23.5 Å². The van der Waals surface area contributed by atoms with Crippen LogP contribution in [0.15, 0.2) is 42.5 Å². The van der Waals surface area contributed by atoms with Crippen molar-refractivity contribution in [2.75, 3.05) is 19.8 Å². The maximum atomic E-state index is 12.8. The third kappa shape index (κ3) is 6.83. The average molecular weight is 465 g/mol. The molecular formula is C29H40N2O3. The lowest BCUT2D eigenvalue weighted by atomic mass is 9.86. The highest BCUT2D eigenvalue weighted by Crippen LogP contribution is 2.26. The molecule has 184 valence electrons. The zero-order valence-electron chi connectivity index (χ0n) is 21.2. The molecule has 1 amide bonds. The molecule has 1 fully saturated rings. The van der Waals surface area contributed by atoms with Crippen LogP contribution < -0.4 is 15.4 Å². The van der Waals surface area contributed by atoms with Gasteiger partial charge in [-0.25, -0.2) is 0 Å². The first-order valence-corrected chi connectivity index (χ1v) is 12.8. The van der Waals surface area contributed by atoms with Crippen molar-refractivity contribution >= 4 is 5.91 Å². The number of nitrogens with one attached hydrogen (secondary N) is 2. The highest BCUT2D eigenvalue weighted by molar-refractivity contribution is 5.94. The average Bonchev–Trinajstić information content (AvgIpc) is 3.34. The molecule has 0 aromatic heterocycles. The van der Waals surface area contributed by atoms with Crippen LogP contribution in [0, 0.1) is 5.41 Å². The van der Waals surface area contributed by atoms with Crippen LogP contribution in [0.5, 0.6) is 5.75 Å². The summed E-state index contributed by atoms with van der Waals surface area (Å²) in [5.41, 5.74) is 5.05. The van der Waals surface area contributed by atoms with E-state index in [0.717, 1.165) is 51.0 Å². The summed E-state index contributed by atoms with van der Waals surface area (Å²) in [4.78, 5) is 12.8. The van der Waals surface area contributed by atoms with Gasteiger partial charge in [0.05, 0.1) is 6.10 Å². The Kier molecular flexibility index (Phi) is 7.95. The number of fused-ring (bicyclic) bond motifs is 1. The first-order valence-electron chi connectivity index (χ1n) is 12.8. The highest BCUT2D eigenvalue weighted by atomic mass is 16.5. The fourth-order valence-electron chi connectivity index (χ4n) is 4.68. The molecule has 0 spiro atoms. The van der Waals surface area contributed by atoms with Crippen LogP contribution in [0.2, 0.25) is 0 Å². The number of aryl methyl sites for hydroxylation is 1. The fraction of sp³-hybridized carbons (Fsp3) is 0.552. The predicted octanol–water partition coefficient (Wildman–Crippen LogP) is 5.23. The van der Waals surface area contributed by atoms with Gasteiger partial charge >= 0.3 is 0 Å². The van der Waals surface area contributed by atoms with Gasteiger partial charge in [-0.2, -0.15) is 0 Å². The summed E-state index contributed by atoms with van der Waals surface area (Å²) < 4.78 is 11.4. The molecule has 4 rings (SSSR count). The summed E-state index contributed by atoms with van der Waals surface area (Å²) in [6.45, 7) is 11.4. The summed E-state index contributed by atoms with van der Waals surface area (Å²) in [6, 6.07) is 14.8. The molecule has 0 bridgehead atoms. The van der Waals surface area contributed by atoms with E-state index < -0.39 is 0 Å². The third-order valence-corrected chi connectivity index (χ3v) is 6.81. The Bertz CT molecular complexity index is 958. The van der Waals surface area contributed by atoms with Crippen LogP contribution in [0.1, 0.15) is 80.0 Å². The number of rotatable bonds is 8. The molecule has 1 heterocycles. The van der Waals surface area contributed by atoms with Crippen molar-refractivity contribution in [3.8, 4) is 5.75 Å². The number of amides is 1. The zero-order valence-corrected chi connectivity index (χ0v) is 21.2. The van der Waals surface area contributed by atoms with Crippen LogP contribution in [0.25, 0.3) is 0 Å². The molecular weight excluding hydrogens is 424 g/mol.